The molecule has 0 aliphatic heterocycles. The summed E-state index contributed by atoms with van der Waals surface area (Å²) in [4.78, 5) is 24.1. The zero-order valence-electron chi connectivity index (χ0n) is 15.3. The summed E-state index contributed by atoms with van der Waals surface area (Å²) in [6, 6.07) is 14.3. The van der Waals surface area contributed by atoms with Gasteiger partial charge in [-0.1, -0.05) is 6.07 Å². The number of amides is 2. The Morgan fingerprint density at radius 1 is 1.04 bits per heavy atom. The molecule has 2 aromatic carbocycles. The maximum absolute atomic E-state index is 12.1. The lowest BCUT2D eigenvalue weighted by atomic mass is 10.1. The van der Waals surface area contributed by atoms with Gasteiger partial charge in [-0.2, -0.15) is 0 Å². The lowest BCUT2D eigenvalue weighted by Gasteiger charge is -2.11. The van der Waals surface area contributed by atoms with Crippen LogP contribution in [-0.2, 0) is 4.79 Å². The minimum Gasteiger partial charge on any atom is -0.494 e. The van der Waals surface area contributed by atoms with Gasteiger partial charge in [0.05, 0.1) is 13.2 Å². The van der Waals surface area contributed by atoms with Crippen LogP contribution < -0.4 is 20.7 Å². The average molecular weight is 355 g/mol. The number of benzene rings is 2. The highest BCUT2D eigenvalue weighted by atomic mass is 16.5. The van der Waals surface area contributed by atoms with E-state index in [4.69, 9.17) is 4.74 Å². The van der Waals surface area contributed by atoms with E-state index in [2.05, 4.69) is 16.0 Å². The molecule has 26 heavy (non-hydrogen) atoms. The fraction of sp³-hybridized carbons (Fsp3) is 0.300. The zero-order chi connectivity index (χ0) is 18.9. The van der Waals surface area contributed by atoms with Crippen molar-refractivity contribution >= 4 is 23.2 Å². The first-order valence-electron chi connectivity index (χ1n) is 8.65. The third kappa shape index (κ3) is 6.12. The van der Waals surface area contributed by atoms with Gasteiger partial charge in [0, 0.05) is 23.0 Å². The smallest absolute Gasteiger partial charge is 0.251 e. The first-order chi connectivity index (χ1) is 12.5. The van der Waals surface area contributed by atoms with Crippen molar-refractivity contribution in [3.05, 3.63) is 54.1 Å². The van der Waals surface area contributed by atoms with Crippen LogP contribution >= 0.6 is 0 Å². The van der Waals surface area contributed by atoms with Crippen LogP contribution in [0.5, 0.6) is 5.75 Å². The van der Waals surface area contributed by atoms with Crippen molar-refractivity contribution in [1.82, 2.24) is 5.32 Å². The molecule has 0 radical (unpaired) electrons. The maximum atomic E-state index is 12.1. The standard InChI is InChI=1S/C20H25N3O3/c1-4-26-18-10-8-16(9-11-18)23-19(24)13-21-17-7-5-6-15(12-17)20(25)22-14(2)3/h5-12,14,21H,4,13H2,1-3H3,(H,22,25)(H,23,24). The van der Waals surface area contributed by atoms with Crippen LogP contribution in [-0.4, -0.2) is 31.0 Å². The Kier molecular flexibility index (Phi) is 7.02. The first kappa shape index (κ1) is 19.3. The van der Waals surface area contributed by atoms with Gasteiger partial charge >= 0.3 is 0 Å². The summed E-state index contributed by atoms with van der Waals surface area (Å²) in [5.41, 5.74) is 1.96. The van der Waals surface area contributed by atoms with Crippen LogP contribution in [0.15, 0.2) is 48.5 Å². The molecule has 0 aliphatic rings. The van der Waals surface area contributed by atoms with Crippen molar-refractivity contribution in [3.63, 3.8) is 0 Å². The molecule has 2 aromatic rings. The normalized spacial score (nSPS) is 10.3. The summed E-state index contributed by atoms with van der Waals surface area (Å²) >= 11 is 0. The molecule has 138 valence electrons. The molecule has 6 heteroatoms. The molecule has 0 aliphatic carbocycles. The van der Waals surface area contributed by atoms with Crippen LogP contribution in [0.25, 0.3) is 0 Å². The Labute approximate surface area is 153 Å². The van der Waals surface area contributed by atoms with Crippen molar-refractivity contribution in [2.45, 2.75) is 26.8 Å². The summed E-state index contributed by atoms with van der Waals surface area (Å²) < 4.78 is 5.37. The third-order valence-electron chi connectivity index (χ3n) is 3.45. The minimum atomic E-state index is -0.175. The fourth-order valence-electron chi connectivity index (χ4n) is 2.30. The summed E-state index contributed by atoms with van der Waals surface area (Å²) in [5.74, 6) is 0.453. The van der Waals surface area contributed by atoms with E-state index in [0.29, 0.717) is 23.5 Å². The van der Waals surface area contributed by atoms with Gasteiger partial charge in [0.25, 0.3) is 5.91 Å². The predicted molar refractivity (Wildman–Crippen MR) is 104 cm³/mol. The number of nitrogens with one attached hydrogen (secondary N) is 3. The Bertz CT molecular complexity index is 742. The molecule has 0 saturated carbocycles. The second-order valence-electron chi connectivity index (χ2n) is 6.07. The number of ether oxygens (including phenoxy) is 1. The summed E-state index contributed by atoms with van der Waals surface area (Å²) in [5, 5.41) is 8.68. The van der Waals surface area contributed by atoms with Gasteiger partial charge in [-0.05, 0) is 63.2 Å². The number of carbonyl (C=O) groups is 2. The van der Waals surface area contributed by atoms with Gasteiger partial charge < -0.3 is 20.7 Å². The van der Waals surface area contributed by atoms with E-state index in [-0.39, 0.29) is 24.4 Å². The molecule has 0 saturated heterocycles. The van der Waals surface area contributed by atoms with Gasteiger partial charge in [-0.15, -0.1) is 0 Å². The van der Waals surface area contributed by atoms with Gasteiger partial charge in [0.2, 0.25) is 5.91 Å². The van der Waals surface area contributed by atoms with E-state index in [1.165, 1.54) is 0 Å². The molecule has 2 amide bonds. The van der Waals surface area contributed by atoms with E-state index in [1.807, 2.05) is 39.0 Å². The maximum Gasteiger partial charge on any atom is 0.251 e. The van der Waals surface area contributed by atoms with E-state index in [1.54, 1.807) is 30.3 Å². The third-order valence-corrected chi connectivity index (χ3v) is 3.45. The highest BCUT2D eigenvalue weighted by Crippen LogP contribution is 2.16. The fourth-order valence-corrected chi connectivity index (χ4v) is 2.30. The summed E-state index contributed by atoms with van der Waals surface area (Å²) in [6.45, 7) is 6.44. The van der Waals surface area contributed by atoms with Gasteiger partial charge in [0.15, 0.2) is 0 Å². The summed E-state index contributed by atoms with van der Waals surface area (Å²) in [7, 11) is 0. The number of rotatable bonds is 8. The Morgan fingerprint density at radius 2 is 1.77 bits per heavy atom. The van der Waals surface area contributed by atoms with E-state index < -0.39 is 0 Å². The number of carbonyl (C=O) groups excluding carboxylic acids is 2. The van der Waals surface area contributed by atoms with Crippen molar-refractivity contribution in [3.8, 4) is 5.75 Å². The molecule has 0 fully saturated rings. The molecule has 6 nitrogen and oxygen atoms in total. The van der Waals surface area contributed by atoms with Crippen LogP contribution in [0, 0.1) is 0 Å². The summed E-state index contributed by atoms with van der Waals surface area (Å²) in [6.07, 6.45) is 0. The second-order valence-corrected chi connectivity index (χ2v) is 6.07. The SMILES string of the molecule is CCOc1ccc(NC(=O)CNc2cccc(C(=O)NC(C)C)c2)cc1. The molecular weight excluding hydrogens is 330 g/mol. The second kappa shape index (κ2) is 9.46. The van der Waals surface area contributed by atoms with E-state index in [9.17, 15) is 9.59 Å². The Morgan fingerprint density at radius 3 is 2.42 bits per heavy atom. The quantitative estimate of drug-likeness (QED) is 0.679. The minimum absolute atomic E-state index is 0.0685. The van der Waals surface area contributed by atoms with Crippen molar-refractivity contribution in [2.24, 2.45) is 0 Å². The van der Waals surface area contributed by atoms with Crippen LogP contribution in [0.1, 0.15) is 31.1 Å². The van der Waals surface area contributed by atoms with Crippen molar-refractivity contribution < 1.29 is 14.3 Å². The highest BCUT2D eigenvalue weighted by Gasteiger charge is 2.08. The van der Waals surface area contributed by atoms with E-state index in [0.717, 1.165) is 5.75 Å². The zero-order valence-corrected chi connectivity index (χ0v) is 15.3. The lowest BCUT2D eigenvalue weighted by Crippen LogP contribution is -2.30. The molecular formula is C20H25N3O3. The molecule has 0 spiro atoms. The topological polar surface area (TPSA) is 79.5 Å². The van der Waals surface area contributed by atoms with Gasteiger partial charge in [0.1, 0.15) is 5.75 Å². The predicted octanol–water partition coefficient (Wildman–Crippen LogP) is 3.27. The van der Waals surface area contributed by atoms with Gasteiger partial charge in [-0.25, -0.2) is 0 Å². The molecule has 3 N–H and O–H groups in total. The molecule has 0 heterocycles. The van der Waals surface area contributed by atoms with Crippen molar-refractivity contribution in [2.75, 3.05) is 23.8 Å². The van der Waals surface area contributed by atoms with Crippen LogP contribution in [0.4, 0.5) is 11.4 Å². The van der Waals surface area contributed by atoms with E-state index >= 15 is 0 Å². The molecule has 0 aromatic heterocycles. The monoisotopic (exact) mass is 355 g/mol. The number of hydrogen-bond donors (Lipinski definition) is 3. The van der Waals surface area contributed by atoms with Crippen LogP contribution in [0.2, 0.25) is 0 Å². The Balaban J connectivity index is 1.87. The van der Waals surface area contributed by atoms with Gasteiger partial charge in [-0.3, -0.25) is 9.59 Å². The lowest BCUT2D eigenvalue weighted by molar-refractivity contribution is -0.114. The number of anilines is 2. The van der Waals surface area contributed by atoms with Crippen LogP contribution in [0.3, 0.4) is 0 Å². The first-order valence-corrected chi connectivity index (χ1v) is 8.65. The molecule has 0 unspecified atom stereocenters. The largest absolute Gasteiger partial charge is 0.494 e. The molecule has 2 rings (SSSR count). The van der Waals surface area contributed by atoms with Crippen molar-refractivity contribution in [1.29, 1.82) is 0 Å². The molecule has 0 bridgehead atoms. The average Bonchev–Trinajstić information content (AvgIpc) is 2.61. The number of hydrogen-bond acceptors (Lipinski definition) is 4. The highest BCUT2D eigenvalue weighted by molar-refractivity contribution is 5.96. The molecule has 0 atom stereocenters. The Hall–Kier alpha value is -3.02.